The molecular formula is C19H16Fe2O3-2. The van der Waals surface area contributed by atoms with Crippen LogP contribution >= 0.6 is 0 Å². The summed E-state index contributed by atoms with van der Waals surface area (Å²) in [4.78, 5) is 0. The first-order chi connectivity index (χ1) is 10.8. The van der Waals surface area contributed by atoms with Gasteiger partial charge in [-0.25, -0.2) is 12.1 Å². The van der Waals surface area contributed by atoms with Crippen molar-refractivity contribution in [1.29, 1.82) is 0 Å². The Labute approximate surface area is 165 Å². The molecule has 2 aromatic rings. The van der Waals surface area contributed by atoms with Crippen molar-refractivity contribution >= 4 is 6.08 Å². The Morgan fingerprint density at radius 1 is 0.875 bits per heavy atom. The minimum Gasteiger partial charge on any atom is -0.214 e. The van der Waals surface area contributed by atoms with E-state index in [1.807, 2.05) is 66.7 Å². The summed E-state index contributed by atoms with van der Waals surface area (Å²) in [6, 6.07) is 18.1. The molecule has 0 aliphatic carbocycles. The number of allylic oxidation sites excluding steroid dienone is 3. The van der Waals surface area contributed by atoms with Gasteiger partial charge in [0.15, 0.2) is 0 Å². The first-order valence-corrected chi connectivity index (χ1v) is 5.82. The van der Waals surface area contributed by atoms with E-state index in [-0.39, 0.29) is 34.1 Å². The average Bonchev–Trinajstić information content (AvgIpc) is 3.34. The van der Waals surface area contributed by atoms with Crippen molar-refractivity contribution in [2.45, 2.75) is 0 Å². The van der Waals surface area contributed by atoms with Gasteiger partial charge in [0.05, 0.1) is 0 Å². The minimum atomic E-state index is 0. The molecule has 0 amide bonds. The van der Waals surface area contributed by atoms with Crippen molar-refractivity contribution in [3.63, 3.8) is 0 Å². The summed E-state index contributed by atoms with van der Waals surface area (Å²) >= 11 is 0. The smallest absolute Gasteiger partial charge is 0 e. The van der Waals surface area contributed by atoms with E-state index < -0.39 is 0 Å². The second kappa shape index (κ2) is 32.9. The Bertz CT molecular complexity index is 514. The van der Waals surface area contributed by atoms with Crippen LogP contribution in [0.3, 0.4) is 0 Å². The topological polar surface area (TPSA) is 59.7 Å². The fraction of sp³-hybridized carbons (Fsp3) is 0. The molecule has 0 atom stereocenters. The molecule has 0 aliphatic rings. The van der Waals surface area contributed by atoms with Crippen molar-refractivity contribution < 1.29 is 48.1 Å². The molecule has 0 N–H and O–H groups in total. The molecule has 24 heavy (non-hydrogen) atoms. The van der Waals surface area contributed by atoms with Gasteiger partial charge in [-0.3, -0.25) is 0 Å². The molecule has 0 radical (unpaired) electrons. The van der Waals surface area contributed by atoms with Crippen LogP contribution in [0.1, 0.15) is 5.56 Å². The summed E-state index contributed by atoms with van der Waals surface area (Å²) < 4.78 is 22.5. The molecule has 0 saturated carbocycles. The Balaban J connectivity index is -0.0000000789. The molecule has 3 nitrogen and oxygen atoms in total. The van der Waals surface area contributed by atoms with E-state index in [4.69, 9.17) is 14.0 Å². The molecule has 0 bridgehead atoms. The van der Waals surface area contributed by atoms with Crippen LogP contribution in [0, 0.1) is 20.0 Å². The van der Waals surface area contributed by atoms with Gasteiger partial charge in [-0.1, -0.05) is 18.2 Å². The number of rotatable bonds is 3. The number of hydrogen-bond donors (Lipinski definition) is 0. The van der Waals surface area contributed by atoms with Crippen LogP contribution in [0.25, 0.3) is 6.08 Å². The number of hydrogen-bond acceptors (Lipinski definition) is 0. The third-order valence-electron chi connectivity index (χ3n) is 2.00. The molecule has 0 heterocycles. The van der Waals surface area contributed by atoms with Crippen LogP contribution < -0.4 is 0 Å². The molecule has 0 spiro atoms. The van der Waals surface area contributed by atoms with Gasteiger partial charge in [-0.2, -0.15) is 30.3 Å². The Morgan fingerprint density at radius 2 is 1.29 bits per heavy atom. The van der Waals surface area contributed by atoms with Crippen LogP contribution in [0.4, 0.5) is 0 Å². The van der Waals surface area contributed by atoms with Gasteiger partial charge in [0.2, 0.25) is 0 Å². The van der Waals surface area contributed by atoms with Gasteiger partial charge in [0.1, 0.15) is 0 Å². The molecule has 0 aromatic heterocycles. The minimum absolute atomic E-state index is 0. The maximum absolute atomic E-state index is 7.50. The molecule has 2 aromatic carbocycles. The normalized spacial score (nSPS) is 6.58. The van der Waals surface area contributed by atoms with Crippen molar-refractivity contribution in [1.82, 2.24) is 0 Å². The van der Waals surface area contributed by atoms with E-state index in [1.54, 1.807) is 6.08 Å². The van der Waals surface area contributed by atoms with E-state index >= 15 is 0 Å². The maximum atomic E-state index is 7.50. The summed E-state index contributed by atoms with van der Waals surface area (Å²) in [5, 5.41) is 0. The van der Waals surface area contributed by atoms with Gasteiger partial charge in [0.25, 0.3) is 0 Å². The van der Waals surface area contributed by atoms with E-state index in [0.717, 1.165) is 5.57 Å². The van der Waals surface area contributed by atoms with Crippen LogP contribution in [-0.2, 0) is 48.1 Å². The van der Waals surface area contributed by atoms with Gasteiger partial charge in [0, 0.05) is 34.1 Å². The predicted octanol–water partition coefficient (Wildman–Crippen LogP) is 4.45. The van der Waals surface area contributed by atoms with Gasteiger partial charge >= 0.3 is 33.9 Å². The second-order valence-corrected chi connectivity index (χ2v) is 3.29. The zero-order valence-electron chi connectivity index (χ0n) is 12.8. The first-order valence-electron chi connectivity index (χ1n) is 5.82. The predicted molar refractivity (Wildman–Crippen MR) is 84.2 cm³/mol. The van der Waals surface area contributed by atoms with E-state index in [0.29, 0.717) is 0 Å². The average molecular weight is 404 g/mol. The molecule has 2 rings (SSSR count). The third-order valence-corrected chi connectivity index (χ3v) is 2.00. The van der Waals surface area contributed by atoms with E-state index in [9.17, 15) is 0 Å². The maximum Gasteiger partial charge on any atom is 0 e. The Hall–Kier alpha value is -1.82. The molecule has 0 saturated heterocycles. The zero-order valence-corrected chi connectivity index (χ0v) is 15.0. The van der Waals surface area contributed by atoms with Crippen LogP contribution in [0.5, 0.6) is 0 Å². The Kier molecular flexibility index (Phi) is 46.3. The van der Waals surface area contributed by atoms with Gasteiger partial charge in [-0.15, -0.1) is 36.4 Å². The standard InChI is InChI=1S/C11H11.C5H5.3CO.2Fe/c1-3-10(2)8-9-11-6-4-5-7-11;1-2-4-5-3-1;3*1-2;;/h3-9H,1-2H2;1-5H;;;;;/q2*-1;;;;;/b9-8+;;;;;;. The van der Waals surface area contributed by atoms with Gasteiger partial charge < -0.3 is 0 Å². The van der Waals surface area contributed by atoms with Crippen molar-refractivity contribution in [3.8, 4) is 0 Å². The summed E-state index contributed by atoms with van der Waals surface area (Å²) in [5.41, 5.74) is 2.14. The van der Waals surface area contributed by atoms with Crippen molar-refractivity contribution in [2.24, 2.45) is 0 Å². The fourth-order valence-electron chi connectivity index (χ4n) is 1.09. The summed E-state index contributed by atoms with van der Waals surface area (Å²) in [5.74, 6) is 0. The van der Waals surface area contributed by atoms with Crippen molar-refractivity contribution in [3.05, 3.63) is 111 Å². The summed E-state index contributed by atoms with van der Waals surface area (Å²) in [6.45, 7) is 20.9. The van der Waals surface area contributed by atoms with E-state index in [2.05, 4.69) is 33.1 Å². The summed E-state index contributed by atoms with van der Waals surface area (Å²) in [7, 11) is 0. The quantitative estimate of drug-likeness (QED) is 0.314. The van der Waals surface area contributed by atoms with Gasteiger partial charge in [-0.05, 0) is 0 Å². The molecule has 0 aliphatic heterocycles. The van der Waals surface area contributed by atoms with Crippen LogP contribution in [0.2, 0.25) is 0 Å². The monoisotopic (exact) mass is 404 g/mol. The zero-order chi connectivity index (χ0) is 17.6. The first kappa shape index (κ1) is 33.7. The molecular weight excluding hydrogens is 388 g/mol. The third kappa shape index (κ3) is 25.2. The van der Waals surface area contributed by atoms with Crippen LogP contribution in [-0.4, -0.2) is 0 Å². The fourth-order valence-corrected chi connectivity index (χ4v) is 1.09. The Morgan fingerprint density at radius 3 is 1.58 bits per heavy atom. The van der Waals surface area contributed by atoms with E-state index in [1.165, 1.54) is 5.56 Å². The second-order valence-electron chi connectivity index (χ2n) is 3.29. The molecule has 128 valence electrons. The van der Waals surface area contributed by atoms with Crippen LogP contribution in [0.15, 0.2) is 85.5 Å². The molecule has 5 heteroatoms. The molecule has 0 unspecified atom stereocenters. The van der Waals surface area contributed by atoms with Crippen molar-refractivity contribution in [2.75, 3.05) is 0 Å². The largest absolute Gasteiger partial charge is 0.214 e. The molecule has 0 fully saturated rings. The SMILES string of the molecule is C=CC(=C)/C=C/[c-]1cccc1.[C-]#[O+].[C-]#[O+].[C-]#[O+].[Fe].[Fe].c1cc[cH-]c1. The summed E-state index contributed by atoms with van der Waals surface area (Å²) in [6.07, 6.45) is 5.70.